The molecule has 31 heavy (non-hydrogen) atoms. The van der Waals surface area contributed by atoms with Gasteiger partial charge in [0, 0.05) is 11.1 Å². The summed E-state index contributed by atoms with van der Waals surface area (Å²) in [6.45, 7) is 2.11. The molecule has 0 fully saturated rings. The van der Waals surface area contributed by atoms with Crippen LogP contribution in [0.25, 0.3) is 26.3 Å². The second-order valence-electron chi connectivity index (χ2n) is 6.95. The molecular formula is C22H17N4NaO3S. The predicted molar refractivity (Wildman–Crippen MR) is 117 cm³/mol. The van der Waals surface area contributed by atoms with Gasteiger partial charge in [0.05, 0.1) is 23.9 Å². The van der Waals surface area contributed by atoms with Crippen molar-refractivity contribution in [1.29, 1.82) is 0 Å². The first-order chi connectivity index (χ1) is 14.5. The minimum atomic E-state index is -0.277. The van der Waals surface area contributed by atoms with Crippen LogP contribution in [0.5, 0.6) is 5.75 Å². The van der Waals surface area contributed by atoms with E-state index in [-0.39, 0.29) is 40.7 Å². The van der Waals surface area contributed by atoms with Crippen LogP contribution in [0, 0.1) is 6.92 Å². The monoisotopic (exact) mass is 440 g/mol. The molecule has 9 heteroatoms. The molecule has 150 valence electrons. The molecule has 7 nitrogen and oxygen atoms in total. The Hall–Kier alpha value is -2.65. The third-order valence-electron chi connectivity index (χ3n) is 5.10. The van der Waals surface area contributed by atoms with Gasteiger partial charge in [-0.05, 0) is 42.8 Å². The molecule has 0 bridgehead atoms. The van der Waals surface area contributed by atoms with E-state index in [0.29, 0.717) is 34.0 Å². The maximum absolute atomic E-state index is 13.2. The molecule has 0 unspecified atom stereocenters. The average molecular weight is 440 g/mol. The first-order valence-electron chi connectivity index (χ1n) is 9.34. The van der Waals surface area contributed by atoms with Gasteiger partial charge in [0.25, 0.3) is 0 Å². The predicted octanol–water partition coefficient (Wildman–Crippen LogP) is 0.0886. The summed E-state index contributed by atoms with van der Waals surface area (Å²) in [5.74, 6) is 0.715. The van der Waals surface area contributed by atoms with Crippen molar-refractivity contribution in [2.24, 2.45) is 0 Å². The summed E-state index contributed by atoms with van der Waals surface area (Å²) >= 11 is 1.39. The van der Waals surface area contributed by atoms with Crippen LogP contribution in [0.4, 0.5) is 0 Å². The van der Waals surface area contributed by atoms with Gasteiger partial charge in [-0.15, -0.1) is 5.52 Å². The Labute approximate surface area is 203 Å². The fourth-order valence-corrected chi connectivity index (χ4v) is 4.50. The van der Waals surface area contributed by atoms with Crippen LogP contribution >= 0.6 is 11.3 Å². The van der Waals surface area contributed by atoms with Gasteiger partial charge in [-0.3, -0.25) is 9.59 Å². The molecular weight excluding hydrogens is 423 g/mol. The van der Waals surface area contributed by atoms with E-state index in [1.807, 2.05) is 48.5 Å². The van der Waals surface area contributed by atoms with E-state index >= 15 is 0 Å². The molecule has 3 aromatic heterocycles. The standard InChI is InChI=1S/C22H18N4O3S.Na/c1-13-20-17(11-19(27)25(13)12-14-6-5-7-15(10-14)29-2)24-26(21(20)28)22-23-16-8-3-4-9-18(16)30-22;/h3-11H,12H2,1-2H3,(H,24,27);/q;+1/p-1. The van der Waals surface area contributed by atoms with Gasteiger partial charge in [-0.25, -0.2) is 4.98 Å². The van der Waals surface area contributed by atoms with E-state index in [2.05, 4.69) is 10.1 Å². The number of ether oxygens (including phenoxy) is 1. The van der Waals surface area contributed by atoms with Crippen molar-refractivity contribution < 1.29 is 34.3 Å². The molecule has 3 heterocycles. The molecule has 0 aliphatic heterocycles. The molecule has 5 rings (SSSR count). The summed E-state index contributed by atoms with van der Waals surface area (Å²) in [4.78, 5) is 30.5. The topological polar surface area (TPSA) is 80.2 Å². The normalized spacial score (nSPS) is 11.0. The van der Waals surface area contributed by atoms with Crippen LogP contribution in [0.2, 0.25) is 0 Å². The SMILES string of the molecule is COc1cccc(Cn2c(C)c3c(=O)n(-c4nc5ccccc5s4)[n-]c3cc2=O)c1.[Na+]. The molecule has 0 amide bonds. The quantitative estimate of drug-likeness (QED) is 0.370. The molecule has 0 aliphatic carbocycles. The van der Waals surface area contributed by atoms with Gasteiger partial charge in [0.1, 0.15) is 5.75 Å². The number of nitrogens with zero attached hydrogens (tertiary/aromatic N) is 4. The zero-order valence-corrected chi connectivity index (χ0v) is 20.1. The summed E-state index contributed by atoms with van der Waals surface area (Å²) in [6.07, 6.45) is 0. The van der Waals surface area contributed by atoms with Crippen molar-refractivity contribution in [2.45, 2.75) is 13.5 Å². The number of fused-ring (bicyclic) bond motifs is 2. The molecule has 0 saturated heterocycles. The summed E-state index contributed by atoms with van der Waals surface area (Å²) in [5, 5.41) is 5.31. The third-order valence-corrected chi connectivity index (χ3v) is 6.11. The number of thiazole rings is 1. The van der Waals surface area contributed by atoms with Gasteiger partial charge in [-0.1, -0.05) is 35.6 Å². The molecule has 0 atom stereocenters. The largest absolute Gasteiger partial charge is 1.00 e. The summed E-state index contributed by atoms with van der Waals surface area (Å²) in [5.41, 5.74) is 2.19. The third kappa shape index (κ3) is 3.76. The summed E-state index contributed by atoms with van der Waals surface area (Å²) in [6, 6.07) is 16.6. The van der Waals surface area contributed by atoms with Crippen LogP contribution in [-0.4, -0.2) is 21.3 Å². The molecule has 5 aromatic rings. The number of benzene rings is 2. The Morgan fingerprint density at radius 3 is 2.68 bits per heavy atom. The molecule has 2 aromatic carbocycles. The fourth-order valence-electron chi connectivity index (χ4n) is 3.59. The van der Waals surface area contributed by atoms with Gasteiger partial charge in [0.2, 0.25) is 11.1 Å². The Morgan fingerprint density at radius 1 is 1.10 bits per heavy atom. The van der Waals surface area contributed by atoms with Crippen molar-refractivity contribution in [3.63, 3.8) is 0 Å². The van der Waals surface area contributed by atoms with Crippen molar-refractivity contribution in [2.75, 3.05) is 7.11 Å². The average Bonchev–Trinajstić information content (AvgIpc) is 3.32. The number of hydrogen-bond acceptors (Lipinski definition) is 5. The zero-order valence-electron chi connectivity index (χ0n) is 17.3. The van der Waals surface area contributed by atoms with Crippen LogP contribution in [-0.2, 0) is 6.54 Å². The van der Waals surface area contributed by atoms with Crippen molar-refractivity contribution in [3.8, 4) is 10.9 Å². The van der Waals surface area contributed by atoms with Gasteiger partial charge in [0.15, 0.2) is 5.13 Å². The van der Waals surface area contributed by atoms with E-state index in [1.54, 1.807) is 18.6 Å². The number of methoxy groups -OCH3 is 1. The minimum Gasteiger partial charge on any atom is -0.585 e. The fraction of sp³-hybridized carbons (Fsp3) is 0.136. The molecule has 0 N–H and O–H groups in total. The summed E-state index contributed by atoms with van der Waals surface area (Å²) in [7, 11) is 1.60. The second kappa shape index (κ2) is 8.47. The maximum Gasteiger partial charge on any atom is 1.00 e. The smallest absolute Gasteiger partial charge is 0.585 e. The van der Waals surface area contributed by atoms with Crippen molar-refractivity contribution in [1.82, 2.24) is 19.3 Å². The first kappa shape index (κ1) is 21.6. The van der Waals surface area contributed by atoms with Crippen molar-refractivity contribution >= 4 is 32.5 Å². The Balaban J connectivity index is 0.00000231. The Bertz CT molecular complexity index is 1500. The van der Waals surface area contributed by atoms with Crippen LogP contribution < -0.4 is 50.5 Å². The van der Waals surface area contributed by atoms with Gasteiger partial charge >= 0.3 is 29.6 Å². The van der Waals surface area contributed by atoms with Gasteiger partial charge < -0.3 is 19.1 Å². The van der Waals surface area contributed by atoms with E-state index in [1.165, 1.54) is 22.1 Å². The molecule has 0 saturated carbocycles. The molecule has 0 aliphatic rings. The van der Waals surface area contributed by atoms with Crippen LogP contribution in [0.15, 0.2) is 64.2 Å². The van der Waals surface area contributed by atoms with E-state index in [9.17, 15) is 9.59 Å². The van der Waals surface area contributed by atoms with Crippen LogP contribution in [0.1, 0.15) is 11.3 Å². The zero-order chi connectivity index (χ0) is 20.8. The first-order valence-corrected chi connectivity index (χ1v) is 10.2. The number of para-hydroxylation sites is 1. The molecule has 0 radical (unpaired) electrons. The van der Waals surface area contributed by atoms with Crippen LogP contribution in [0.3, 0.4) is 0 Å². The van der Waals surface area contributed by atoms with E-state index < -0.39 is 0 Å². The maximum atomic E-state index is 13.2. The van der Waals surface area contributed by atoms with Crippen molar-refractivity contribution in [3.05, 3.63) is 86.6 Å². The number of pyridine rings is 1. The Kier molecular flexibility index (Phi) is 5.90. The molecule has 0 spiro atoms. The van der Waals surface area contributed by atoms with E-state index in [0.717, 1.165) is 15.8 Å². The summed E-state index contributed by atoms with van der Waals surface area (Å²) < 4.78 is 9.11. The number of hydrogen-bond donors (Lipinski definition) is 0. The number of aromatic nitrogens is 4. The number of rotatable bonds is 4. The minimum absolute atomic E-state index is 0. The van der Waals surface area contributed by atoms with E-state index in [4.69, 9.17) is 4.74 Å². The Morgan fingerprint density at radius 2 is 1.90 bits per heavy atom. The number of aryl methyl sites for hydroxylation is 1. The second-order valence-corrected chi connectivity index (χ2v) is 7.96. The van der Waals surface area contributed by atoms with Gasteiger partial charge in [-0.2, -0.15) is 0 Å².